The van der Waals surface area contributed by atoms with Crippen molar-refractivity contribution in [3.63, 3.8) is 0 Å². The molecule has 6 nitrogen and oxygen atoms in total. The Balaban J connectivity index is 2.17. The van der Waals surface area contributed by atoms with Gasteiger partial charge in [-0.1, -0.05) is 36.4 Å². The minimum Gasteiger partial charge on any atom is -0.378 e. The van der Waals surface area contributed by atoms with Crippen molar-refractivity contribution in [2.45, 2.75) is 10.5 Å². The summed E-state index contributed by atoms with van der Waals surface area (Å²) in [5, 5.41) is 11.9. The molecule has 0 saturated heterocycles. The molecule has 7 heteroatoms. The maximum absolute atomic E-state index is 11.9. The maximum atomic E-state index is 11.9. The molecule has 3 rings (SSSR count). The molecule has 0 aliphatic carbocycles. The van der Waals surface area contributed by atoms with E-state index in [0.717, 1.165) is 11.4 Å². The molecule has 0 amide bonds. The second kappa shape index (κ2) is 8.10. The molecule has 0 aromatic heterocycles. The summed E-state index contributed by atoms with van der Waals surface area (Å²) >= 11 is 0. The maximum Gasteiger partial charge on any atom is 0.294 e. The second-order valence-corrected chi connectivity index (χ2v) is 9.01. The number of anilines is 2. The van der Waals surface area contributed by atoms with Crippen LogP contribution in [0.15, 0.2) is 77.7 Å². The average molecular weight is 427 g/mol. The third kappa shape index (κ3) is 4.18. The second-order valence-electron chi connectivity index (χ2n) is 7.59. The molecule has 158 valence electrons. The quantitative estimate of drug-likeness (QED) is 0.465. The molecule has 0 spiro atoms. The van der Waals surface area contributed by atoms with Gasteiger partial charge in [0.05, 0.1) is 4.90 Å². The van der Waals surface area contributed by atoms with Gasteiger partial charge in [0.15, 0.2) is 0 Å². The van der Waals surface area contributed by atoms with E-state index in [9.17, 15) is 18.1 Å². The van der Waals surface area contributed by atoms with Crippen molar-refractivity contribution in [2.24, 2.45) is 0 Å². The predicted octanol–water partition coefficient (Wildman–Crippen LogP) is 3.35. The molecule has 0 fully saturated rings. The van der Waals surface area contributed by atoms with Gasteiger partial charge >= 0.3 is 0 Å². The number of hydrogen-bond acceptors (Lipinski definition) is 5. The molecule has 0 aliphatic heterocycles. The zero-order chi connectivity index (χ0) is 22.1. The molecular weight excluding hydrogens is 400 g/mol. The first-order chi connectivity index (χ1) is 14.0. The number of benzene rings is 3. The van der Waals surface area contributed by atoms with E-state index in [-0.39, 0.29) is 4.90 Å². The summed E-state index contributed by atoms with van der Waals surface area (Å²) in [4.78, 5) is 3.71. The highest BCUT2D eigenvalue weighted by atomic mass is 32.2. The molecule has 3 aromatic rings. The van der Waals surface area contributed by atoms with Crippen molar-refractivity contribution in [1.82, 2.24) is 0 Å². The molecule has 0 bridgehead atoms. The normalized spacial score (nSPS) is 11.9. The Morgan fingerprint density at radius 2 is 0.933 bits per heavy atom. The van der Waals surface area contributed by atoms with Crippen LogP contribution >= 0.6 is 0 Å². The van der Waals surface area contributed by atoms with Crippen LogP contribution in [0.4, 0.5) is 11.4 Å². The number of hydrogen-bond donors (Lipinski definition) is 2. The Labute approximate surface area is 177 Å². The molecule has 0 unspecified atom stereocenters. The molecule has 3 aromatic carbocycles. The average Bonchev–Trinajstić information content (AvgIpc) is 2.72. The summed E-state index contributed by atoms with van der Waals surface area (Å²) in [6, 6.07) is 20.7. The fourth-order valence-electron chi connectivity index (χ4n) is 3.37. The van der Waals surface area contributed by atoms with Crippen LogP contribution in [0.1, 0.15) is 16.7 Å². The topological polar surface area (TPSA) is 81.1 Å². The van der Waals surface area contributed by atoms with E-state index < -0.39 is 15.7 Å². The van der Waals surface area contributed by atoms with Crippen LogP contribution in [-0.2, 0) is 15.7 Å². The zero-order valence-corrected chi connectivity index (χ0v) is 18.3. The molecule has 30 heavy (non-hydrogen) atoms. The Morgan fingerprint density at radius 3 is 1.20 bits per heavy atom. The van der Waals surface area contributed by atoms with E-state index in [1.807, 2.05) is 86.5 Å². The fraction of sp³-hybridized carbons (Fsp3) is 0.217. The summed E-state index contributed by atoms with van der Waals surface area (Å²) in [6.45, 7) is 0. The van der Waals surface area contributed by atoms with Gasteiger partial charge in [-0.2, -0.15) is 8.42 Å². The first kappa shape index (κ1) is 21.8. The lowest BCUT2D eigenvalue weighted by atomic mass is 9.80. The van der Waals surface area contributed by atoms with Gasteiger partial charge in [-0.25, -0.2) is 0 Å². The smallest absolute Gasteiger partial charge is 0.294 e. The van der Waals surface area contributed by atoms with Gasteiger partial charge in [0.25, 0.3) is 10.1 Å². The zero-order valence-electron chi connectivity index (χ0n) is 17.4. The monoisotopic (exact) mass is 426 g/mol. The minimum absolute atomic E-state index is 0.223. The van der Waals surface area contributed by atoms with Crippen LogP contribution in [0.5, 0.6) is 0 Å². The third-order valence-corrected chi connectivity index (χ3v) is 6.04. The summed E-state index contributed by atoms with van der Waals surface area (Å²) in [7, 11) is 3.44. The lowest BCUT2D eigenvalue weighted by Crippen LogP contribution is -2.29. The summed E-state index contributed by atoms with van der Waals surface area (Å²) in [5.41, 5.74) is 2.25. The van der Waals surface area contributed by atoms with Crippen LogP contribution in [0.2, 0.25) is 0 Å². The minimum atomic E-state index is -4.32. The van der Waals surface area contributed by atoms with Crippen molar-refractivity contribution in [1.29, 1.82) is 0 Å². The van der Waals surface area contributed by atoms with Crippen LogP contribution in [0.3, 0.4) is 0 Å². The van der Waals surface area contributed by atoms with Gasteiger partial charge in [-0.15, -0.1) is 0 Å². The molecule has 0 radical (unpaired) electrons. The van der Waals surface area contributed by atoms with Crippen molar-refractivity contribution < 1.29 is 18.1 Å². The number of aliphatic hydroxyl groups is 1. The highest BCUT2D eigenvalue weighted by molar-refractivity contribution is 7.85. The first-order valence-electron chi connectivity index (χ1n) is 9.39. The van der Waals surface area contributed by atoms with Crippen LogP contribution in [0, 0.1) is 0 Å². The lowest BCUT2D eigenvalue weighted by molar-refractivity contribution is 0.125. The molecule has 0 heterocycles. The van der Waals surface area contributed by atoms with E-state index in [2.05, 4.69) is 0 Å². The van der Waals surface area contributed by atoms with E-state index in [1.54, 1.807) is 0 Å². The third-order valence-electron chi connectivity index (χ3n) is 5.17. The SMILES string of the molecule is CN(C)c1ccc(C(O)(c2ccc(N(C)C)cc2)c2ccc(S(=O)(=O)O)cc2)cc1. The fourth-order valence-corrected chi connectivity index (χ4v) is 3.85. The standard InChI is InChI=1S/C23H26N2O4S/c1-24(2)20-11-5-17(6-12-20)23(26,18-7-13-21(14-8-18)25(3)4)19-9-15-22(16-10-19)30(27,28)29/h5-16,26H,1-4H3,(H,27,28,29). The summed E-state index contributed by atoms with van der Waals surface area (Å²) in [6.07, 6.45) is 0. The highest BCUT2D eigenvalue weighted by Crippen LogP contribution is 2.38. The molecule has 0 atom stereocenters. The van der Waals surface area contributed by atoms with Gasteiger partial charge in [0, 0.05) is 39.6 Å². The highest BCUT2D eigenvalue weighted by Gasteiger charge is 2.34. The molecular formula is C23H26N2O4S. The van der Waals surface area contributed by atoms with Crippen molar-refractivity contribution in [3.05, 3.63) is 89.5 Å². The number of rotatable bonds is 6. The predicted molar refractivity (Wildman–Crippen MR) is 120 cm³/mol. The Bertz CT molecular complexity index is 1050. The lowest BCUT2D eigenvalue weighted by Gasteiger charge is -2.31. The van der Waals surface area contributed by atoms with Crippen molar-refractivity contribution in [2.75, 3.05) is 38.0 Å². The van der Waals surface area contributed by atoms with Crippen molar-refractivity contribution in [3.8, 4) is 0 Å². The van der Waals surface area contributed by atoms with E-state index in [4.69, 9.17) is 0 Å². The Kier molecular flexibility index (Phi) is 5.90. The Hall–Kier alpha value is -2.87. The summed E-state index contributed by atoms with van der Waals surface area (Å²) < 4.78 is 32.1. The van der Waals surface area contributed by atoms with E-state index >= 15 is 0 Å². The van der Waals surface area contributed by atoms with Crippen LogP contribution in [-0.4, -0.2) is 46.3 Å². The van der Waals surface area contributed by atoms with Gasteiger partial charge in [0.1, 0.15) is 5.60 Å². The van der Waals surface area contributed by atoms with Crippen molar-refractivity contribution >= 4 is 21.5 Å². The van der Waals surface area contributed by atoms with Crippen LogP contribution < -0.4 is 9.80 Å². The number of nitrogens with zero attached hydrogens (tertiary/aromatic N) is 2. The largest absolute Gasteiger partial charge is 0.378 e. The summed E-state index contributed by atoms with van der Waals surface area (Å²) in [5.74, 6) is 0. The molecule has 0 saturated carbocycles. The van der Waals surface area contributed by atoms with Gasteiger partial charge in [-0.05, 0) is 53.1 Å². The van der Waals surface area contributed by atoms with Gasteiger partial charge < -0.3 is 14.9 Å². The molecule has 0 aliphatic rings. The van der Waals surface area contributed by atoms with Crippen LogP contribution in [0.25, 0.3) is 0 Å². The molecule has 2 N–H and O–H groups in total. The first-order valence-corrected chi connectivity index (χ1v) is 10.8. The van der Waals surface area contributed by atoms with E-state index in [1.165, 1.54) is 24.3 Å². The van der Waals surface area contributed by atoms with E-state index in [0.29, 0.717) is 16.7 Å². The van der Waals surface area contributed by atoms with Gasteiger partial charge in [-0.3, -0.25) is 4.55 Å². The Morgan fingerprint density at radius 1 is 0.633 bits per heavy atom. The van der Waals surface area contributed by atoms with Gasteiger partial charge in [0.2, 0.25) is 0 Å².